The number of hydrogen-bond acceptors (Lipinski definition) is 4. The Bertz CT molecular complexity index is 500. The molecule has 4 nitrogen and oxygen atoms in total. The van der Waals surface area contributed by atoms with Gasteiger partial charge in [-0.3, -0.25) is 0 Å². The quantitative estimate of drug-likeness (QED) is 0.735. The van der Waals surface area contributed by atoms with E-state index in [1.807, 2.05) is 24.3 Å². The van der Waals surface area contributed by atoms with Crippen LogP contribution in [0.4, 0.5) is 5.82 Å². The van der Waals surface area contributed by atoms with E-state index in [1.54, 1.807) is 6.20 Å². The Morgan fingerprint density at radius 3 is 2.88 bits per heavy atom. The average Bonchev–Trinajstić information content (AvgIpc) is 2.29. The lowest BCUT2D eigenvalue weighted by Gasteiger charge is -1.99. The second kappa shape index (κ2) is 4.79. The maximum atomic E-state index is 4.13. The Labute approximate surface area is 94.4 Å². The van der Waals surface area contributed by atoms with Crippen LogP contribution in [0.2, 0.25) is 0 Å². The van der Waals surface area contributed by atoms with Crippen LogP contribution in [0.25, 0.3) is 10.8 Å². The average molecular weight is 214 g/mol. The van der Waals surface area contributed by atoms with Crippen molar-refractivity contribution in [2.24, 2.45) is 16.1 Å². The van der Waals surface area contributed by atoms with E-state index in [2.05, 4.69) is 34.3 Å². The molecule has 0 aliphatic heterocycles. The highest BCUT2D eigenvalue weighted by Crippen LogP contribution is 2.21. The third kappa shape index (κ3) is 2.39. The summed E-state index contributed by atoms with van der Waals surface area (Å²) >= 11 is 0. The molecule has 0 saturated carbocycles. The van der Waals surface area contributed by atoms with Crippen molar-refractivity contribution in [1.82, 2.24) is 10.2 Å². The zero-order valence-electron chi connectivity index (χ0n) is 9.46. The Balaban J connectivity index is 2.34. The molecule has 1 aromatic carbocycles. The Kier molecular flexibility index (Phi) is 3.19. The molecule has 16 heavy (non-hydrogen) atoms. The molecule has 0 atom stereocenters. The zero-order valence-corrected chi connectivity index (χ0v) is 9.46. The molecule has 0 saturated heterocycles. The smallest absolute Gasteiger partial charge is 0.187 e. The maximum Gasteiger partial charge on any atom is 0.203 e. The van der Waals surface area contributed by atoms with Crippen molar-refractivity contribution in [3.8, 4) is 0 Å². The van der Waals surface area contributed by atoms with Crippen LogP contribution in [0.1, 0.15) is 13.8 Å². The Morgan fingerprint density at radius 1 is 1.25 bits per heavy atom. The first-order chi connectivity index (χ1) is 7.77. The lowest BCUT2D eigenvalue weighted by molar-refractivity contribution is 0.646. The largest absolute Gasteiger partial charge is 0.203 e. The van der Waals surface area contributed by atoms with E-state index in [-0.39, 0.29) is 0 Å². The van der Waals surface area contributed by atoms with Crippen LogP contribution < -0.4 is 0 Å². The van der Waals surface area contributed by atoms with E-state index in [0.717, 1.165) is 10.8 Å². The van der Waals surface area contributed by atoms with Crippen molar-refractivity contribution >= 4 is 16.6 Å². The van der Waals surface area contributed by atoms with Crippen LogP contribution >= 0.6 is 0 Å². The predicted molar refractivity (Wildman–Crippen MR) is 63.8 cm³/mol. The summed E-state index contributed by atoms with van der Waals surface area (Å²) in [5.74, 6) is 1.10. The van der Waals surface area contributed by atoms with Gasteiger partial charge in [0.1, 0.15) is 0 Å². The van der Waals surface area contributed by atoms with Gasteiger partial charge in [-0.25, -0.2) is 0 Å². The fourth-order valence-electron chi connectivity index (χ4n) is 1.36. The molecule has 0 spiro atoms. The summed E-state index contributed by atoms with van der Waals surface area (Å²) in [6, 6.07) is 7.91. The fourth-order valence-corrected chi connectivity index (χ4v) is 1.36. The first-order valence-corrected chi connectivity index (χ1v) is 5.35. The minimum Gasteiger partial charge on any atom is -0.187 e. The van der Waals surface area contributed by atoms with Crippen molar-refractivity contribution in [2.75, 3.05) is 6.54 Å². The highest BCUT2D eigenvalue weighted by atomic mass is 15.2. The minimum atomic E-state index is 0.506. The number of benzene rings is 1. The van der Waals surface area contributed by atoms with E-state index in [9.17, 15) is 0 Å². The van der Waals surface area contributed by atoms with Crippen LogP contribution in [0.5, 0.6) is 0 Å². The highest BCUT2D eigenvalue weighted by molar-refractivity contribution is 5.89. The SMILES string of the molecule is CC(C)CN=Nc1nncc2ccccc12. The maximum absolute atomic E-state index is 4.13. The molecule has 0 radical (unpaired) electrons. The van der Waals surface area contributed by atoms with Crippen molar-refractivity contribution in [1.29, 1.82) is 0 Å². The molecule has 0 amide bonds. The Hall–Kier alpha value is -1.84. The topological polar surface area (TPSA) is 50.5 Å². The van der Waals surface area contributed by atoms with Crippen LogP contribution in [0.15, 0.2) is 40.7 Å². The first-order valence-electron chi connectivity index (χ1n) is 5.35. The fraction of sp³-hybridized carbons (Fsp3) is 0.333. The molecule has 1 aromatic heterocycles. The lowest BCUT2D eigenvalue weighted by atomic mass is 10.2. The standard InChI is InChI=1S/C12H14N4/c1-9(2)7-13-15-12-11-6-4-3-5-10(11)8-14-16-12/h3-6,8-9H,7H2,1-2H3. The summed E-state index contributed by atoms with van der Waals surface area (Å²) in [5.41, 5.74) is 0. The number of aromatic nitrogens is 2. The lowest BCUT2D eigenvalue weighted by Crippen LogP contribution is -1.90. The number of rotatable bonds is 3. The molecule has 2 aromatic rings. The molecule has 0 aliphatic rings. The molecular formula is C12H14N4. The van der Waals surface area contributed by atoms with E-state index in [4.69, 9.17) is 0 Å². The molecule has 4 heteroatoms. The van der Waals surface area contributed by atoms with Gasteiger partial charge >= 0.3 is 0 Å². The second-order valence-corrected chi connectivity index (χ2v) is 4.07. The number of nitrogens with zero attached hydrogens (tertiary/aromatic N) is 4. The molecule has 0 unspecified atom stereocenters. The molecular weight excluding hydrogens is 200 g/mol. The van der Waals surface area contributed by atoms with Crippen LogP contribution in [0.3, 0.4) is 0 Å². The zero-order chi connectivity index (χ0) is 11.4. The van der Waals surface area contributed by atoms with Crippen LogP contribution in [-0.4, -0.2) is 16.7 Å². The second-order valence-electron chi connectivity index (χ2n) is 4.07. The van der Waals surface area contributed by atoms with E-state index < -0.39 is 0 Å². The van der Waals surface area contributed by atoms with Crippen molar-refractivity contribution in [3.63, 3.8) is 0 Å². The number of azo groups is 1. The molecule has 0 aliphatic carbocycles. The van der Waals surface area contributed by atoms with Crippen molar-refractivity contribution in [3.05, 3.63) is 30.5 Å². The monoisotopic (exact) mass is 214 g/mol. The molecule has 2 rings (SSSR count). The van der Waals surface area contributed by atoms with Gasteiger partial charge < -0.3 is 0 Å². The Morgan fingerprint density at radius 2 is 2.06 bits per heavy atom. The summed E-state index contributed by atoms with van der Waals surface area (Å²) in [6.45, 7) is 4.92. The molecule has 82 valence electrons. The van der Waals surface area contributed by atoms with Gasteiger partial charge in [0.05, 0.1) is 12.7 Å². The summed E-state index contributed by atoms with van der Waals surface area (Å²) in [5, 5.41) is 18.2. The third-order valence-corrected chi connectivity index (χ3v) is 2.16. The van der Waals surface area contributed by atoms with Gasteiger partial charge in [0, 0.05) is 10.8 Å². The van der Waals surface area contributed by atoms with E-state index in [1.165, 1.54) is 0 Å². The van der Waals surface area contributed by atoms with Gasteiger partial charge in [0.2, 0.25) is 5.82 Å². The van der Waals surface area contributed by atoms with Crippen molar-refractivity contribution in [2.45, 2.75) is 13.8 Å². The van der Waals surface area contributed by atoms with Gasteiger partial charge in [-0.1, -0.05) is 38.1 Å². The molecule has 1 heterocycles. The van der Waals surface area contributed by atoms with Gasteiger partial charge in [-0.2, -0.15) is 10.2 Å². The normalized spacial score (nSPS) is 11.7. The molecule has 0 N–H and O–H groups in total. The predicted octanol–water partition coefficient (Wildman–Crippen LogP) is 3.37. The molecule has 0 fully saturated rings. The number of fused-ring (bicyclic) bond motifs is 1. The third-order valence-electron chi connectivity index (χ3n) is 2.16. The van der Waals surface area contributed by atoms with Crippen molar-refractivity contribution < 1.29 is 0 Å². The van der Waals surface area contributed by atoms with Crippen LogP contribution in [0, 0.1) is 5.92 Å². The first kappa shape index (κ1) is 10.7. The highest BCUT2D eigenvalue weighted by Gasteiger charge is 2.00. The van der Waals surface area contributed by atoms with Gasteiger partial charge in [-0.05, 0) is 5.92 Å². The van der Waals surface area contributed by atoms with Gasteiger partial charge in [-0.15, -0.1) is 10.2 Å². The van der Waals surface area contributed by atoms with E-state index in [0.29, 0.717) is 18.3 Å². The van der Waals surface area contributed by atoms with Gasteiger partial charge in [0.25, 0.3) is 0 Å². The van der Waals surface area contributed by atoms with Crippen LogP contribution in [-0.2, 0) is 0 Å². The number of hydrogen-bond donors (Lipinski definition) is 0. The summed E-state index contributed by atoms with van der Waals surface area (Å²) < 4.78 is 0. The van der Waals surface area contributed by atoms with Gasteiger partial charge in [0.15, 0.2) is 0 Å². The summed E-state index contributed by atoms with van der Waals surface area (Å²) in [6.07, 6.45) is 1.73. The summed E-state index contributed by atoms with van der Waals surface area (Å²) in [4.78, 5) is 0. The van der Waals surface area contributed by atoms with E-state index >= 15 is 0 Å². The summed E-state index contributed by atoms with van der Waals surface area (Å²) in [7, 11) is 0. The molecule has 0 bridgehead atoms. The minimum absolute atomic E-state index is 0.506.